The van der Waals surface area contributed by atoms with Crippen molar-refractivity contribution < 1.29 is 4.79 Å². The van der Waals surface area contributed by atoms with Gasteiger partial charge in [-0.1, -0.05) is 19.1 Å². The van der Waals surface area contributed by atoms with Crippen LogP contribution >= 0.6 is 12.4 Å². The number of nitrogens with zero attached hydrogens (tertiary/aromatic N) is 5. The number of nitrogens with one attached hydrogen (secondary N) is 1. The van der Waals surface area contributed by atoms with Crippen LogP contribution in [0.3, 0.4) is 0 Å². The molecule has 1 aromatic heterocycles. The number of halogens is 1. The van der Waals surface area contributed by atoms with E-state index in [0.29, 0.717) is 12.5 Å². The van der Waals surface area contributed by atoms with E-state index in [2.05, 4.69) is 32.7 Å². The highest BCUT2D eigenvalue weighted by Crippen LogP contribution is 2.15. The van der Waals surface area contributed by atoms with E-state index in [4.69, 9.17) is 0 Å². The third-order valence-electron chi connectivity index (χ3n) is 4.44. The van der Waals surface area contributed by atoms with Crippen molar-refractivity contribution in [3.05, 3.63) is 36.2 Å². The van der Waals surface area contributed by atoms with Crippen LogP contribution in [0.25, 0.3) is 5.69 Å². The summed E-state index contributed by atoms with van der Waals surface area (Å²) < 4.78 is 1.60. The molecule has 136 valence electrons. The standard InChI is InChI=1S/C17H24N6O.ClH/c1-2-11-22(15-7-9-18-10-8-15)17(24)12-14-3-5-16(6-4-14)23-13-19-20-21-23;/h3-6,13,15,18H,2,7-12H2,1H3;1H. The zero-order valence-corrected chi connectivity index (χ0v) is 15.3. The van der Waals surface area contributed by atoms with Crippen molar-refractivity contribution in [2.24, 2.45) is 0 Å². The molecule has 25 heavy (non-hydrogen) atoms. The average Bonchev–Trinajstić information content (AvgIpc) is 3.15. The van der Waals surface area contributed by atoms with Gasteiger partial charge < -0.3 is 10.2 Å². The highest BCUT2D eigenvalue weighted by molar-refractivity contribution is 5.85. The number of tetrazole rings is 1. The Labute approximate surface area is 154 Å². The van der Waals surface area contributed by atoms with Crippen molar-refractivity contribution in [1.29, 1.82) is 0 Å². The van der Waals surface area contributed by atoms with Gasteiger partial charge in [-0.3, -0.25) is 4.79 Å². The number of piperidine rings is 1. The van der Waals surface area contributed by atoms with Crippen LogP contribution in [0.1, 0.15) is 31.7 Å². The quantitative estimate of drug-likeness (QED) is 0.842. The summed E-state index contributed by atoms with van der Waals surface area (Å²) in [4.78, 5) is 14.9. The lowest BCUT2D eigenvalue weighted by atomic mass is 10.0. The Morgan fingerprint density at radius 3 is 2.60 bits per heavy atom. The molecule has 0 atom stereocenters. The number of carbonyl (C=O) groups is 1. The molecule has 8 heteroatoms. The molecule has 1 N–H and O–H groups in total. The van der Waals surface area contributed by atoms with E-state index in [1.165, 1.54) is 0 Å². The second-order valence-electron chi connectivity index (χ2n) is 6.17. The Bertz CT molecular complexity index is 640. The minimum Gasteiger partial charge on any atom is -0.339 e. The van der Waals surface area contributed by atoms with Gasteiger partial charge in [0.05, 0.1) is 12.1 Å². The molecule has 1 saturated heterocycles. The number of amides is 1. The molecular formula is C17H25ClN6O. The van der Waals surface area contributed by atoms with Crippen LogP contribution in [0.15, 0.2) is 30.6 Å². The number of hydrogen-bond donors (Lipinski definition) is 1. The van der Waals surface area contributed by atoms with Gasteiger partial charge in [-0.15, -0.1) is 17.5 Å². The molecule has 0 aliphatic carbocycles. The van der Waals surface area contributed by atoms with Gasteiger partial charge in [-0.25, -0.2) is 4.68 Å². The maximum atomic E-state index is 12.8. The number of benzene rings is 1. The minimum atomic E-state index is 0. The molecule has 1 amide bonds. The van der Waals surface area contributed by atoms with Crippen LogP contribution in [-0.4, -0.2) is 56.7 Å². The molecular weight excluding hydrogens is 340 g/mol. The van der Waals surface area contributed by atoms with Gasteiger partial charge in [0.25, 0.3) is 0 Å². The number of hydrogen-bond acceptors (Lipinski definition) is 5. The molecule has 0 spiro atoms. The van der Waals surface area contributed by atoms with Gasteiger partial charge >= 0.3 is 0 Å². The molecule has 0 saturated carbocycles. The Kier molecular flexibility index (Phi) is 7.33. The van der Waals surface area contributed by atoms with Crippen LogP contribution in [0, 0.1) is 0 Å². The summed E-state index contributed by atoms with van der Waals surface area (Å²) >= 11 is 0. The molecule has 7 nitrogen and oxygen atoms in total. The first-order valence-electron chi connectivity index (χ1n) is 8.60. The van der Waals surface area contributed by atoms with Crippen molar-refractivity contribution in [3.63, 3.8) is 0 Å². The second kappa shape index (κ2) is 9.48. The normalized spacial score (nSPS) is 14.8. The molecule has 3 rings (SSSR count). The van der Waals surface area contributed by atoms with Gasteiger partial charge in [-0.05, 0) is 60.5 Å². The molecule has 2 aromatic rings. The lowest BCUT2D eigenvalue weighted by Gasteiger charge is -2.34. The Hall–Kier alpha value is -1.99. The molecule has 0 radical (unpaired) electrons. The highest BCUT2D eigenvalue weighted by atomic mass is 35.5. The lowest BCUT2D eigenvalue weighted by molar-refractivity contribution is -0.133. The SMILES string of the molecule is CCCN(C(=O)Cc1ccc(-n2cnnn2)cc1)C1CCNCC1.Cl. The monoisotopic (exact) mass is 364 g/mol. The molecule has 1 aliphatic heterocycles. The Morgan fingerprint density at radius 1 is 1.28 bits per heavy atom. The van der Waals surface area contributed by atoms with Crippen molar-refractivity contribution in [3.8, 4) is 5.69 Å². The van der Waals surface area contributed by atoms with Crippen LogP contribution in [0.2, 0.25) is 0 Å². The summed E-state index contributed by atoms with van der Waals surface area (Å²) in [5.74, 6) is 0.221. The zero-order valence-electron chi connectivity index (χ0n) is 14.5. The molecule has 1 fully saturated rings. The van der Waals surface area contributed by atoms with Crippen LogP contribution < -0.4 is 5.32 Å². The van der Waals surface area contributed by atoms with Gasteiger partial charge in [0, 0.05) is 12.6 Å². The van der Waals surface area contributed by atoms with Crippen LogP contribution in [-0.2, 0) is 11.2 Å². The smallest absolute Gasteiger partial charge is 0.227 e. The number of carbonyl (C=O) groups excluding carboxylic acids is 1. The fourth-order valence-corrected chi connectivity index (χ4v) is 3.19. The summed E-state index contributed by atoms with van der Waals surface area (Å²) in [6.45, 7) is 4.96. The van der Waals surface area contributed by atoms with Crippen LogP contribution in [0.5, 0.6) is 0 Å². The van der Waals surface area contributed by atoms with Crippen LogP contribution in [0.4, 0.5) is 0 Å². The fourth-order valence-electron chi connectivity index (χ4n) is 3.19. The minimum absolute atomic E-state index is 0. The van der Waals surface area contributed by atoms with Crippen molar-refractivity contribution in [1.82, 2.24) is 30.4 Å². The lowest BCUT2D eigenvalue weighted by Crippen LogP contribution is -2.47. The average molecular weight is 365 g/mol. The molecule has 2 heterocycles. The predicted octanol–water partition coefficient (Wildman–Crippen LogP) is 1.62. The summed E-state index contributed by atoms with van der Waals surface area (Å²) in [6, 6.07) is 8.20. The topological polar surface area (TPSA) is 75.9 Å². The first-order chi connectivity index (χ1) is 11.8. The van der Waals surface area contributed by atoms with Gasteiger partial charge in [0.1, 0.15) is 6.33 Å². The Balaban J connectivity index is 0.00000225. The third kappa shape index (κ3) is 4.99. The highest BCUT2D eigenvalue weighted by Gasteiger charge is 2.24. The van der Waals surface area contributed by atoms with Gasteiger partial charge in [-0.2, -0.15) is 0 Å². The van der Waals surface area contributed by atoms with Gasteiger partial charge in [0.15, 0.2) is 0 Å². The van der Waals surface area contributed by atoms with E-state index in [9.17, 15) is 4.79 Å². The summed E-state index contributed by atoms with van der Waals surface area (Å²) in [7, 11) is 0. The van der Waals surface area contributed by atoms with Crippen molar-refractivity contribution in [2.75, 3.05) is 19.6 Å². The van der Waals surface area contributed by atoms with E-state index in [1.807, 2.05) is 24.3 Å². The maximum absolute atomic E-state index is 12.8. The number of rotatable bonds is 6. The van der Waals surface area contributed by atoms with E-state index in [0.717, 1.165) is 50.1 Å². The summed E-state index contributed by atoms with van der Waals surface area (Å²) in [6.07, 6.45) is 5.09. The second-order valence-corrected chi connectivity index (χ2v) is 6.17. The third-order valence-corrected chi connectivity index (χ3v) is 4.44. The zero-order chi connectivity index (χ0) is 16.8. The molecule has 1 aromatic carbocycles. The van der Waals surface area contributed by atoms with E-state index < -0.39 is 0 Å². The van der Waals surface area contributed by atoms with Crippen molar-refractivity contribution >= 4 is 18.3 Å². The summed E-state index contributed by atoms with van der Waals surface area (Å²) in [5, 5.41) is 14.5. The first-order valence-corrected chi connectivity index (χ1v) is 8.60. The molecule has 0 unspecified atom stereocenters. The molecule has 1 aliphatic rings. The van der Waals surface area contributed by atoms with E-state index in [1.54, 1.807) is 11.0 Å². The maximum Gasteiger partial charge on any atom is 0.227 e. The predicted molar refractivity (Wildman–Crippen MR) is 98.0 cm³/mol. The van der Waals surface area contributed by atoms with E-state index in [-0.39, 0.29) is 18.3 Å². The molecule has 0 bridgehead atoms. The summed E-state index contributed by atoms with van der Waals surface area (Å²) in [5.41, 5.74) is 1.91. The number of aromatic nitrogens is 4. The Morgan fingerprint density at radius 2 is 2.00 bits per heavy atom. The van der Waals surface area contributed by atoms with E-state index >= 15 is 0 Å². The first kappa shape index (κ1) is 19.3. The largest absolute Gasteiger partial charge is 0.339 e. The fraction of sp³-hybridized carbons (Fsp3) is 0.529. The van der Waals surface area contributed by atoms with Crippen molar-refractivity contribution in [2.45, 2.75) is 38.6 Å². The van der Waals surface area contributed by atoms with Gasteiger partial charge in [0.2, 0.25) is 5.91 Å².